The molecule has 0 unspecified atom stereocenters. The lowest BCUT2D eigenvalue weighted by Crippen LogP contribution is -2.38. The van der Waals surface area contributed by atoms with E-state index in [1.807, 2.05) is 0 Å². The number of carbonyl (C=O) groups excluding carboxylic acids is 1. The Morgan fingerprint density at radius 3 is 2.78 bits per heavy atom. The molecule has 0 aromatic heterocycles. The summed E-state index contributed by atoms with van der Waals surface area (Å²) in [6.07, 6.45) is 2.27. The molecule has 5 nitrogen and oxygen atoms in total. The van der Waals surface area contributed by atoms with E-state index in [0.717, 1.165) is 25.9 Å². The van der Waals surface area contributed by atoms with Crippen LogP contribution in [0.3, 0.4) is 0 Å². The van der Waals surface area contributed by atoms with Crippen LogP contribution in [0, 0.1) is 0 Å². The average molecular weight is 276 g/mol. The van der Waals surface area contributed by atoms with Gasteiger partial charge < -0.3 is 20.1 Å². The predicted octanol–water partition coefficient (Wildman–Crippen LogP) is -0.0611. The van der Waals surface area contributed by atoms with E-state index in [4.69, 9.17) is 9.84 Å². The van der Waals surface area contributed by atoms with E-state index < -0.39 is 0 Å². The van der Waals surface area contributed by atoms with Gasteiger partial charge in [0.15, 0.2) is 0 Å². The van der Waals surface area contributed by atoms with Crippen LogP contribution < -0.4 is 5.32 Å². The van der Waals surface area contributed by atoms with Crippen molar-refractivity contribution in [3.63, 3.8) is 0 Å². The molecule has 1 fully saturated rings. The smallest absolute Gasteiger partial charge is 0.232 e. The number of amides is 1. The van der Waals surface area contributed by atoms with Crippen molar-refractivity contribution in [2.45, 2.75) is 18.1 Å². The lowest BCUT2D eigenvalue weighted by Gasteiger charge is -2.25. The summed E-state index contributed by atoms with van der Waals surface area (Å²) < 4.78 is 4.97. The molecule has 18 heavy (non-hydrogen) atoms. The van der Waals surface area contributed by atoms with E-state index in [0.29, 0.717) is 30.7 Å². The Kier molecular flexibility index (Phi) is 8.41. The van der Waals surface area contributed by atoms with Crippen molar-refractivity contribution in [3.8, 4) is 0 Å². The minimum absolute atomic E-state index is 0.00741. The first-order valence-electron chi connectivity index (χ1n) is 6.47. The Labute approximate surface area is 113 Å². The number of carbonyl (C=O) groups is 1. The fraction of sp³-hybridized carbons (Fsp3) is 0.917. The van der Waals surface area contributed by atoms with Gasteiger partial charge in [0.05, 0.1) is 19.0 Å². The van der Waals surface area contributed by atoms with Crippen molar-refractivity contribution in [3.05, 3.63) is 0 Å². The predicted molar refractivity (Wildman–Crippen MR) is 73.9 cm³/mol. The first kappa shape index (κ1) is 15.8. The van der Waals surface area contributed by atoms with Gasteiger partial charge in [-0.25, -0.2) is 0 Å². The Hall–Kier alpha value is -0.300. The Morgan fingerprint density at radius 2 is 2.17 bits per heavy atom. The highest BCUT2D eigenvalue weighted by molar-refractivity contribution is 8.00. The van der Waals surface area contributed by atoms with Gasteiger partial charge in [0.1, 0.15) is 0 Å². The number of hydrogen-bond donors (Lipinski definition) is 2. The molecule has 2 N–H and O–H groups in total. The molecule has 1 saturated heterocycles. The molecule has 0 aliphatic carbocycles. The largest absolute Gasteiger partial charge is 0.395 e. The number of ether oxygens (including phenoxy) is 1. The number of nitrogens with zero attached hydrogens (tertiary/aromatic N) is 1. The lowest BCUT2D eigenvalue weighted by molar-refractivity contribution is -0.129. The van der Waals surface area contributed by atoms with E-state index in [9.17, 15) is 4.79 Å². The van der Waals surface area contributed by atoms with Gasteiger partial charge in [-0.1, -0.05) is 0 Å². The fourth-order valence-corrected chi connectivity index (χ4v) is 3.06. The summed E-state index contributed by atoms with van der Waals surface area (Å²) in [7, 11) is 1.62. The van der Waals surface area contributed by atoms with Gasteiger partial charge in [-0.15, -0.1) is 11.8 Å². The number of aliphatic hydroxyl groups excluding tert-OH is 1. The molecule has 1 rings (SSSR count). The molecule has 0 spiro atoms. The van der Waals surface area contributed by atoms with Gasteiger partial charge in [0.2, 0.25) is 5.91 Å². The topological polar surface area (TPSA) is 61.8 Å². The van der Waals surface area contributed by atoms with Crippen LogP contribution in [-0.2, 0) is 9.53 Å². The summed E-state index contributed by atoms with van der Waals surface area (Å²) in [6.45, 7) is 3.58. The fourth-order valence-electron chi connectivity index (χ4n) is 1.93. The van der Waals surface area contributed by atoms with E-state index in [1.165, 1.54) is 0 Å². The van der Waals surface area contributed by atoms with Gasteiger partial charge in [0, 0.05) is 25.4 Å². The number of aliphatic hydroxyl groups is 1. The molecular formula is C12H24N2O3S. The Balaban J connectivity index is 2.26. The highest BCUT2D eigenvalue weighted by Gasteiger charge is 2.18. The standard InChI is InChI=1S/C12H24N2O3S/c1-17-9-7-14(6-8-15)12(16)10-18-11-2-4-13-5-3-11/h11,13,15H,2-10H2,1H3. The molecule has 0 atom stereocenters. The van der Waals surface area contributed by atoms with Gasteiger partial charge in [-0.05, 0) is 25.9 Å². The number of methoxy groups -OCH3 is 1. The highest BCUT2D eigenvalue weighted by Crippen LogP contribution is 2.20. The van der Waals surface area contributed by atoms with Gasteiger partial charge in [-0.2, -0.15) is 0 Å². The summed E-state index contributed by atoms with van der Waals surface area (Å²) in [4.78, 5) is 13.7. The number of thioether (sulfide) groups is 1. The third-order valence-electron chi connectivity index (χ3n) is 3.02. The van der Waals surface area contributed by atoms with Crippen molar-refractivity contribution in [1.82, 2.24) is 10.2 Å². The van der Waals surface area contributed by atoms with Gasteiger partial charge in [0.25, 0.3) is 0 Å². The van der Waals surface area contributed by atoms with Gasteiger partial charge >= 0.3 is 0 Å². The maximum absolute atomic E-state index is 12.0. The maximum atomic E-state index is 12.0. The van der Waals surface area contributed by atoms with Crippen molar-refractivity contribution < 1.29 is 14.6 Å². The van der Waals surface area contributed by atoms with E-state index in [-0.39, 0.29) is 12.5 Å². The van der Waals surface area contributed by atoms with Crippen LogP contribution in [0.2, 0.25) is 0 Å². The van der Waals surface area contributed by atoms with Crippen LogP contribution >= 0.6 is 11.8 Å². The minimum Gasteiger partial charge on any atom is -0.395 e. The van der Waals surface area contributed by atoms with Crippen LogP contribution in [0.1, 0.15) is 12.8 Å². The molecule has 0 aromatic rings. The van der Waals surface area contributed by atoms with Crippen molar-refractivity contribution in [2.24, 2.45) is 0 Å². The zero-order valence-corrected chi connectivity index (χ0v) is 11.9. The van der Waals surface area contributed by atoms with E-state index in [2.05, 4.69) is 5.32 Å². The molecule has 0 saturated carbocycles. The summed E-state index contributed by atoms with van der Waals surface area (Å²) >= 11 is 1.74. The molecule has 0 aromatic carbocycles. The number of hydrogen-bond acceptors (Lipinski definition) is 5. The van der Waals surface area contributed by atoms with Crippen LogP contribution in [0.25, 0.3) is 0 Å². The summed E-state index contributed by atoms with van der Waals surface area (Å²) in [6, 6.07) is 0. The van der Waals surface area contributed by atoms with Crippen molar-refractivity contribution >= 4 is 17.7 Å². The van der Waals surface area contributed by atoms with Gasteiger partial charge in [-0.3, -0.25) is 4.79 Å². The SMILES string of the molecule is COCCN(CCO)C(=O)CSC1CCNCC1. The third-order valence-corrected chi connectivity index (χ3v) is 4.37. The quantitative estimate of drug-likeness (QED) is 0.650. The lowest BCUT2D eigenvalue weighted by atomic mass is 10.2. The first-order valence-corrected chi connectivity index (χ1v) is 7.52. The highest BCUT2D eigenvalue weighted by atomic mass is 32.2. The third kappa shape index (κ3) is 6.04. The molecule has 1 aliphatic heterocycles. The molecule has 106 valence electrons. The summed E-state index contributed by atoms with van der Waals surface area (Å²) in [5.41, 5.74) is 0. The van der Waals surface area contributed by atoms with E-state index in [1.54, 1.807) is 23.8 Å². The van der Waals surface area contributed by atoms with Crippen LogP contribution in [0.15, 0.2) is 0 Å². The molecule has 0 bridgehead atoms. The number of rotatable bonds is 8. The minimum atomic E-state index is 0.00741. The molecule has 1 amide bonds. The molecule has 1 heterocycles. The zero-order valence-electron chi connectivity index (χ0n) is 11.1. The summed E-state index contributed by atoms with van der Waals surface area (Å²) in [5.74, 6) is 0.610. The molecular weight excluding hydrogens is 252 g/mol. The Morgan fingerprint density at radius 1 is 1.44 bits per heavy atom. The van der Waals surface area contributed by atoms with Crippen molar-refractivity contribution in [1.29, 1.82) is 0 Å². The van der Waals surface area contributed by atoms with Crippen LogP contribution in [0.5, 0.6) is 0 Å². The van der Waals surface area contributed by atoms with Crippen LogP contribution in [0.4, 0.5) is 0 Å². The number of nitrogens with one attached hydrogen (secondary N) is 1. The second kappa shape index (κ2) is 9.61. The second-order valence-corrected chi connectivity index (χ2v) is 5.65. The average Bonchev–Trinajstić information content (AvgIpc) is 2.42. The first-order chi connectivity index (χ1) is 8.77. The maximum Gasteiger partial charge on any atom is 0.232 e. The Bertz CT molecular complexity index is 235. The molecule has 6 heteroatoms. The van der Waals surface area contributed by atoms with Crippen LogP contribution in [-0.4, -0.2) is 73.4 Å². The normalized spacial score (nSPS) is 16.8. The molecule has 1 aliphatic rings. The second-order valence-electron chi connectivity index (χ2n) is 4.36. The molecule has 0 radical (unpaired) electrons. The van der Waals surface area contributed by atoms with E-state index >= 15 is 0 Å². The number of piperidine rings is 1. The monoisotopic (exact) mass is 276 g/mol. The summed E-state index contributed by atoms with van der Waals surface area (Å²) in [5, 5.41) is 12.9. The zero-order chi connectivity index (χ0) is 13.2. The van der Waals surface area contributed by atoms with Crippen molar-refractivity contribution in [2.75, 3.05) is 52.3 Å².